The molecule has 1 aromatic rings. The third-order valence-electron chi connectivity index (χ3n) is 3.15. The Labute approximate surface area is 125 Å². The van der Waals surface area contributed by atoms with Crippen LogP contribution in [0.4, 0.5) is 5.69 Å². The minimum absolute atomic E-state index is 0.387. The van der Waals surface area contributed by atoms with Crippen molar-refractivity contribution in [3.8, 4) is 0 Å². The topological polar surface area (TPSA) is 18.5 Å². The van der Waals surface area contributed by atoms with Gasteiger partial charge in [-0.1, -0.05) is 17.7 Å². The lowest BCUT2D eigenvalue weighted by atomic mass is 10.2. The van der Waals surface area contributed by atoms with Gasteiger partial charge in [0.15, 0.2) is 5.11 Å². The normalized spacial score (nSPS) is 15.8. The van der Waals surface area contributed by atoms with E-state index >= 15 is 0 Å². The molecular formula is C14H20ClN3S. The Morgan fingerprint density at radius 1 is 1.26 bits per heavy atom. The van der Waals surface area contributed by atoms with Crippen molar-refractivity contribution in [3.05, 3.63) is 29.3 Å². The number of rotatable bonds is 2. The standard InChI is InChI=1S/C14H20ClN3S/c1-11(2)16-14(19)18-8-6-17(7-9-18)13-5-3-4-12(15)10-13/h3-5,10-11H,6-9H2,1-2H3,(H,16,19). The third kappa shape index (κ3) is 3.98. The molecule has 1 aromatic carbocycles. The molecule has 0 atom stereocenters. The fraction of sp³-hybridized carbons (Fsp3) is 0.500. The average Bonchev–Trinajstić information content (AvgIpc) is 2.38. The second kappa shape index (κ2) is 6.44. The van der Waals surface area contributed by atoms with E-state index in [-0.39, 0.29) is 0 Å². The van der Waals surface area contributed by atoms with Crippen molar-refractivity contribution in [3.63, 3.8) is 0 Å². The highest BCUT2D eigenvalue weighted by Crippen LogP contribution is 2.20. The van der Waals surface area contributed by atoms with Crippen molar-refractivity contribution < 1.29 is 0 Å². The summed E-state index contributed by atoms with van der Waals surface area (Å²) >= 11 is 11.4. The van der Waals surface area contributed by atoms with E-state index in [0.29, 0.717) is 6.04 Å². The highest BCUT2D eigenvalue weighted by molar-refractivity contribution is 7.80. The number of halogens is 1. The van der Waals surface area contributed by atoms with Crippen LogP contribution in [0, 0.1) is 0 Å². The van der Waals surface area contributed by atoms with Crippen molar-refractivity contribution in [1.29, 1.82) is 0 Å². The van der Waals surface area contributed by atoms with Gasteiger partial charge in [-0.2, -0.15) is 0 Å². The number of hydrogen-bond acceptors (Lipinski definition) is 2. The van der Waals surface area contributed by atoms with Crippen LogP contribution in [0.3, 0.4) is 0 Å². The fourth-order valence-electron chi connectivity index (χ4n) is 2.18. The van der Waals surface area contributed by atoms with Gasteiger partial charge in [0, 0.05) is 42.9 Å². The van der Waals surface area contributed by atoms with Crippen molar-refractivity contribution in [2.75, 3.05) is 31.1 Å². The minimum Gasteiger partial charge on any atom is -0.368 e. The maximum Gasteiger partial charge on any atom is 0.169 e. The van der Waals surface area contributed by atoms with E-state index in [4.69, 9.17) is 23.8 Å². The Kier molecular flexibility index (Phi) is 4.88. The van der Waals surface area contributed by atoms with Gasteiger partial charge in [0.2, 0.25) is 0 Å². The van der Waals surface area contributed by atoms with Crippen molar-refractivity contribution in [2.45, 2.75) is 19.9 Å². The maximum absolute atomic E-state index is 6.03. The van der Waals surface area contributed by atoms with E-state index in [9.17, 15) is 0 Å². The third-order valence-corrected chi connectivity index (χ3v) is 3.76. The summed E-state index contributed by atoms with van der Waals surface area (Å²) in [5.41, 5.74) is 1.19. The van der Waals surface area contributed by atoms with Gasteiger partial charge in [0.1, 0.15) is 0 Å². The Hall–Kier alpha value is -1.00. The van der Waals surface area contributed by atoms with Crippen molar-refractivity contribution in [1.82, 2.24) is 10.2 Å². The monoisotopic (exact) mass is 297 g/mol. The smallest absolute Gasteiger partial charge is 0.169 e. The van der Waals surface area contributed by atoms with Crippen LogP contribution in [0.15, 0.2) is 24.3 Å². The summed E-state index contributed by atoms with van der Waals surface area (Å²) in [5.74, 6) is 0. The molecule has 1 saturated heterocycles. The molecule has 3 nitrogen and oxygen atoms in total. The molecule has 1 N–H and O–H groups in total. The molecule has 0 amide bonds. The quantitative estimate of drug-likeness (QED) is 0.846. The summed E-state index contributed by atoms with van der Waals surface area (Å²) in [6.07, 6.45) is 0. The lowest BCUT2D eigenvalue weighted by molar-refractivity contribution is 0.377. The molecular weight excluding hydrogens is 278 g/mol. The summed E-state index contributed by atoms with van der Waals surface area (Å²) in [5, 5.41) is 4.94. The number of benzene rings is 1. The zero-order valence-electron chi connectivity index (χ0n) is 11.4. The molecule has 19 heavy (non-hydrogen) atoms. The number of nitrogens with one attached hydrogen (secondary N) is 1. The predicted molar refractivity (Wildman–Crippen MR) is 86.1 cm³/mol. The van der Waals surface area contributed by atoms with Gasteiger partial charge in [-0.05, 0) is 44.3 Å². The lowest BCUT2D eigenvalue weighted by Gasteiger charge is -2.37. The molecule has 1 heterocycles. The Morgan fingerprint density at radius 2 is 1.95 bits per heavy atom. The van der Waals surface area contributed by atoms with Gasteiger partial charge < -0.3 is 15.1 Å². The van der Waals surface area contributed by atoms with Gasteiger partial charge >= 0.3 is 0 Å². The molecule has 2 rings (SSSR count). The molecule has 0 bridgehead atoms. The number of hydrogen-bond donors (Lipinski definition) is 1. The van der Waals surface area contributed by atoms with E-state index in [2.05, 4.69) is 35.0 Å². The van der Waals surface area contributed by atoms with E-state index in [1.54, 1.807) is 0 Å². The van der Waals surface area contributed by atoms with Gasteiger partial charge in [-0.25, -0.2) is 0 Å². The summed E-state index contributed by atoms with van der Waals surface area (Å²) in [6.45, 7) is 8.06. The summed E-state index contributed by atoms with van der Waals surface area (Å²) in [6, 6.07) is 8.41. The first-order chi connectivity index (χ1) is 9.06. The van der Waals surface area contributed by atoms with Crippen LogP contribution < -0.4 is 10.2 Å². The van der Waals surface area contributed by atoms with Gasteiger partial charge in [0.05, 0.1) is 0 Å². The average molecular weight is 298 g/mol. The Balaban J connectivity index is 1.90. The molecule has 0 radical (unpaired) electrons. The first-order valence-corrected chi connectivity index (χ1v) is 7.41. The minimum atomic E-state index is 0.387. The molecule has 1 aliphatic heterocycles. The van der Waals surface area contributed by atoms with E-state index < -0.39 is 0 Å². The van der Waals surface area contributed by atoms with Crippen LogP contribution in [0.2, 0.25) is 5.02 Å². The Bertz CT molecular complexity index is 442. The first-order valence-electron chi connectivity index (χ1n) is 6.62. The van der Waals surface area contributed by atoms with Gasteiger partial charge in [0.25, 0.3) is 0 Å². The molecule has 0 saturated carbocycles. The largest absolute Gasteiger partial charge is 0.368 e. The number of nitrogens with zero attached hydrogens (tertiary/aromatic N) is 2. The van der Waals surface area contributed by atoms with E-state index in [1.807, 2.05) is 18.2 Å². The molecule has 0 aliphatic carbocycles. The first kappa shape index (κ1) is 14.4. The van der Waals surface area contributed by atoms with Crippen LogP contribution in [-0.2, 0) is 0 Å². The fourth-order valence-corrected chi connectivity index (χ4v) is 2.78. The molecule has 104 valence electrons. The van der Waals surface area contributed by atoms with Gasteiger partial charge in [-0.3, -0.25) is 0 Å². The number of thiocarbonyl (C=S) groups is 1. The molecule has 5 heteroatoms. The summed E-state index contributed by atoms with van der Waals surface area (Å²) in [4.78, 5) is 4.58. The van der Waals surface area contributed by atoms with Gasteiger partial charge in [-0.15, -0.1) is 0 Å². The van der Waals surface area contributed by atoms with Crippen LogP contribution >= 0.6 is 23.8 Å². The zero-order valence-corrected chi connectivity index (χ0v) is 13.0. The van der Waals surface area contributed by atoms with Crippen LogP contribution in [-0.4, -0.2) is 42.2 Å². The lowest BCUT2D eigenvalue weighted by Crippen LogP contribution is -2.52. The van der Waals surface area contributed by atoms with Crippen molar-refractivity contribution >= 4 is 34.6 Å². The van der Waals surface area contributed by atoms with Crippen LogP contribution in [0.5, 0.6) is 0 Å². The molecule has 1 aliphatic rings. The molecule has 0 unspecified atom stereocenters. The molecule has 1 fully saturated rings. The van der Waals surface area contributed by atoms with Crippen molar-refractivity contribution in [2.24, 2.45) is 0 Å². The second-order valence-electron chi connectivity index (χ2n) is 5.06. The second-order valence-corrected chi connectivity index (χ2v) is 5.88. The van der Waals surface area contributed by atoms with Crippen LogP contribution in [0.1, 0.15) is 13.8 Å². The summed E-state index contributed by atoms with van der Waals surface area (Å²) < 4.78 is 0. The molecule has 0 aromatic heterocycles. The van der Waals surface area contributed by atoms with Crippen LogP contribution in [0.25, 0.3) is 0 Å². The Morgan fingerprint density at radius 3 is 2.53 bits per heavy atom. The number of anilines is 1. The maximum atomic E-state index is 6.03. The highest BCUT2D eigenvalue weighted by atomic mass is 35.5. The predicted octanol–water partition coefficient (Wildman–Crippen LogP) is 2.74. The summed E-state index contributed by atoms with van der Waals surface area (Å²) in [7, 11) is 0. The highest BCUT2D eigenvalue weighted by Gasteiger charge is 2.19. The SMILES string of the molecule is CC(C)NC(=S)N1CCN(c2cccc(Cl)c2)CC1. The zero-order chi connectivity index (χ0) is 13.8. The van der Waals surface area contributed by atoms with E-state index in [1.165, 1.54) is 5.69 Å². The number of piperazine rings is 1. The van der Waals surface area contributed by atoms with E-state index in [0.717, 1.165) is 36.3 Å². The molecule has 0 spiro atoms.